The zero-order chi connectivity index (χ0) is 14.0. The first-order valence-corrected chi connectivity index (χ1v) is 6.61. The third kappa shape index (κ3) is 2.65. The van der Waals surface area contributed by atoms with Gasteiger partial charge >= 0.3 is 5.97 Å². The summed E-state index contributed by atoms with van der Waals surface area (Å²) in [6.45, 7) is 3.64. The molecule has 0 aliphatic rings. The number of ether oxygens (including phenoxy) is 1. The predicted molar refractivity (Wildman–Crippen MR) is 70.8 cm³/mol. The van der Waals surface area contributed by atoms with E-state index in [1.54, 1.807) is 13.2 Å². The number of hydrogen-bond donors (Lipinski definition) is 0. The van der Waals surface area contributed by atoms with Gasteiger partial charge in [0, 0.05) is 7.05 Å². The van der Waals surface area contributed by atoms with Crippen molar-refractivity contribution < 1.29 is 13.9 Å². The molecule has 6 nitrogen and oxygen atoms in total. The van der Waals surface area contributed by atoms with E-state index in [-0.39, 0.29) is 11.2 Å². The molecule has 0 bridgehead atoms. The Morgan fingerprint density at radius 1 is 1.53 bits per heavy atom. The van der Waals surface area contributed by atoms with E-state index >= 15 is 0 Å². The van der Waals surface area contributed by atoms with Gasteiger partial charge in [-0.05, 0) is 19.9 Å². The molecule has 0 saturated heterocycles. The van der Waals surface area contributed by atoms with Crippen molar-refractivity contribution in [2.75, 3.05) is 7.11 Å². The molecule has 0 aromatic carbocycles. The number of thioether (sulfide) groups is 1. The Labute approximate surface area is 115 Å². The van der Waals surface area contributed by atoms with Crippen LogP contribution >= 0.6 is 11.8 Å². The molecule has 0 radical (unpaired) electrons. The van der Waals surface area contributed by atoms with Gasteiger partial charge in [0.25, 0.3) is 0 Å². The number of aryl methyl sites for hydroxylation is 1. The molecule has 0 aliphatic heterocycles. The fourth-order valence-corrected chi connectivity index (χ4v) is 2.48. The van der Waals surface area contributed by atoms with E-state index in [2.05, 4.69) is 10.2 Å². The van der Waals surface area contributed by atoms with Crippen LogP contribution in [0.25, 0.3) is 11.4 Å². The highest BCUT2D eigenvalue weighted by Crippen LogP contribution is 2.27. The Kier molecular flexibility index (Phi) is 3.94. The number of hydrogen-bond acceptors (Lipinski definition) is 6. The zero-order valence-electron chi connectivity index (χ0n) is 11.2. The molecule has 2 aromatic heterocycles. The standard InChI is InChI=1S/C12H15N3O3S/c1-7-9(5-6-18-7)10-13-14-12(15(10)3)19-8(2)11(16)17-4/h5-6,8H,1-4H3/t8-/m1/s1. The number of rotatable bonds is 4. The summed E-state index contributed by atoms with van der Waals surface area (Å²) in [7, 11) is 3.23. The van der Waals surface area contributed by atoms with Gasteiger partial charge in [-0.3, -0.25) is 4.79 Å². The number of aromatic nitrogens is 3. The Morgan fingerprint density at radius 2 is 2.26 bits per heavy atom. The van der Waals surface area contributed by atoms with E-state index in [4.69, 9.17) is 9.15 Å². The van der Waals surface area contributed by atoms with Gasteiger partial charge in [-0.1, -0.05) is 11.8 Å². The van der Waals surface area contributed by atoms with Crippen LogP contribution in [-0.2, 0) is 16.6 Å². The van der Waals surface area contributed by atoms with Crippen LogP contribution < -0.4 is 0 Å². The molecule has 7 heteroatoms. The summed E-state index contributed by atoms with van der Waals surface area (Å²) in [5, 5.41) is 8.57. The minimum Gasteiger partial charge on any atom is -0.469 e. The molecule has 1 atom stereocenters. The summed E-state index contributed by atoms with van der Waals surface area (Å²) in [6.07, 6.45) is 1.61. The summed E-state index contributed by atoms with van der Waals surface area (Å²) in [6, 6.07) is 1.84. The quantitative estimate of drug-likeness (QED) is 0.631. The fraction of sp³-hybridized carbons (Fsp3) is 0.417. The minimum atomic E-state index is -0.328. The first kappa shape index (κ1) is 13.7. The van der Waals surface area contributed by atoms with Gasteiger partial charge in [-0.25, -0.2) is 0 Å². The van der Waals surface area contributed by atoms with Crippen molar-refractivity contribution in [2.24, 2.45) is 7.05 Å². The SMILES string of the molecule is COC(=O)[C@@H](C)Sc1nnc(-c2ccoc2C)n1C. The van der Waals surface area contributed by atoms with Gasteiger partial charge in [0.15, 0.2) is 11.0 Å². The van der Waals surface area contributed by atoms with Gasteiger partial charge < -0.3 is 13.7 Å². The molecule has 0 saturated carbocycles. The highest BCUT2D eigenvalue weighted by Gasteiger charge is 2.20. The Bertz CT molecular complexity index is 591. The van der Waals surface area contributed by atoms with Crippen LogP contribution in [0.3, 0.4) is 0 Å². The van der Waals surface area contributed by atoms with Crippen LogP contribution in [0.2, 0.25) is 0 Å². The van der Waals surface area contributed by atoms with E-state index in [9.17, 15) is 4.79 Å². The molecule has 19 heavy (non-hydrogen) atoms. The lowest BCUT2D eigenvalue weighted by Gasteiger charge is -2.08. The van der Waals surface area contributed by atoms with Crippen molar-refractivity contribution >= 4 is 17.7 Å². The van der Waals surface area contributed by atoms with Crippen molar-refractivity contribution in [1.82, 2.24) is 14.8 Å². The molecule has 102 valence electrons. The Hall–Kier alpha value is -1.76. The summed E-state index contributed by atoms with van der Waals surface area (Å²) in [5.41, 5.74) is 0.896. The summed E-state index contributed by atoms with van der Waals surface area (Å²) < 4.78 is 11.8. The minimum absolute atomic E-state index is 0.283. The van der Waals surface area contributed by atoms with Crippen LogP contribution in [0.15, 0.2) is 21.9 Å². The maximum Gasteiger partial charge on any atom is 0.318 e. The topological polar surface area (TPSA) is 70.2 Å². The maximum atomic E-state index is 11.4. The van der Waals surface area contributed by atoms with Crippen molar-refractivity contribution in [3.8, 4) is 11.4 Å². The van der Waals surface area contributed by atoms with Crippen LogP contribution in [-0.4, -0.2) is 33.1 Å². The van der Waals surface area contributed by atoms with Crippen LogP contribution in [0.5, 0.6) is 0 Å². The molecule has 0 aliphatic carbocycles. The van der Waals surface area contributed by atoms with E-state index < -0.39 is 0 Å². The fourth-order valence-electron chi connectivity index (χ4n) is 1.64. The van der Waals surface area contributed by atoms with Crippen molar-refractivity contribution in [3.05, 3.63) is 18.1 Å². The second-order valence-electron chi connectivity index (χ2n) is 4.04. The Balaban J connectivity index is 2.24. The van der Waals surface area contributed by atoms with Crippen LogP contribution in [0.1, 0.15) is 12.7 Å². The smallest absolute Gasteiger partial charge is 0.318 e. The molecule has 0 fully saturated rings. The van der Waals surface area contributed by atoms with Crippen molar-refractivity contribution in [3.63, 3.8) is 0 Å². The molecule has 2 rings (SSSR count). The third-order valence-electron chi connectivity index (χ3n) is 2.75. The zero-order valence-corrected chi connectivity index (χ0v) is 12.0. The molecular formula is C12H15N3O3S. The summed E-state index contributed by atoms with van der Waals surface area (Å²) in [5.74, 6) is 1.22. The second kappa shape index (κ2) is 5.48. The number of carbonyl (C=O) groups is 1. The van der Waals surface area contributed by atoms with Gasteiger partial charge in [-0.2, -0.15) is 0 Å². The van der Waals surface area contributed by atoms with E-state index in [1.165, 1.54) is 18.9 Å². The lowest BCUT2D eigenvalue weighted by Crippen LogP contribution is -2.15. The molecular weight excluding hydrogens is 266 g/mol. The molecule has 0 N–H and O–H groups in total. The van der Waals surface area contributed by atoms with Gasteiger partial charge in [0.05, 0.1) is 18.9 Å². The molecule has 2 heterocycles. The second-order valence-corrected chi connectivity index (χ2v) is 5.35. The average Bonchev–Trinajstić information content (AvgIpc) is 2.96. The lowest BCUT2D eigenvalue weighted by molar-refractivity contribution is -0.139. The van der Waals surface area contributed by atoms with Crippen LogP contribution in [0.4, 0.5) is 0 Å². The van der Waals surface area contributed by atoms with E-state index in [0.29, 0.717) is 11.0 Å². The number of furan rings is 1. The van der Waals surface area contributed by atoms with E-state index in [1.807, 2.05) is 24.6 Å². The molecule has 0 unspecified atom stereocenters. The summed E-state index contributed by atoms with van der Waals surface area (Å²) >= 11 is 1.31. The van der Waals surface area contributed by atoms with E-state index in [0.717, 1.165) is 11.3 Å². The number of carbonyl (C=O) groups excluding carboxylic acids is 1. The normalized spacial score (nSPS) is 12.4. The maximum absolute atomic E-state index is 11.4. The van der Waals surface area contributed by atoms with Gasteiger partial charge in [0.2, 0.25) is 0 Å². The van der Waals surface area contributed by atoms with Crippen molar-refractivity contribution in [2.45, 2.75) is 24.3 Å². The number of esters is 1. The average molecular weight is 281 g/mol. The Morgan fingerprint density at radius 3 is 2.84 bits per heavy atom. The molecule has 2 aromatic rings. The first-order valence-electron chi connectivity index (χ1n) is 5.73. The van der Waals surface area contributed by atoms with Crippen molar-refractivity contribution in [1.29, 1.82) is 0 Å². The highest BCUT2D eigenvalue weighted by molar-refractivity contribution is 8.00. The summed E-state index contributed by atoms with van der Waals surface area (Å²) in [4.78, 5) is 11.4. The largest absolute Gasteiger partial charge is 0.469 e. The molecule has 0 spiro atoms. The third-order valence-corrected chi connectivity index (χ3v) is 3.86. The lowest BCUT2D eigenvalue weighted by atomic mass is 10.2. The van der Waals surface area contributed by atoms with Crippen LogP contribution in [0, 0.1) is 6.92 Å². The van der Waals surface area contributed by atoms with Gasteiger partial charge in [0.1, 0.15) is 11.0 Å². The predicted octanol–water partition coefficient (Wildman–Crippen LogP) is 2.04. The number of nitrogens with zero attached hydrogens (tertiary/aromatic N) is 3. The molecule has 0 amide bonds. The monoisotopic (exact) mass is 281 g/mol. The highest BCUT2D eigenvalue weighted by atomic mass is 32.2. The van der Waals surface area contributed by atoms with Gasteiger partial charge in [-0.15, -0.1) is 10.2 Å². The first-order chi connectivity index (χ1) is 9.04. The number of methoxy groups -OCH3 is 1.